The van der Waals surface area contributed by atoms with Crippen molar-refractivity contribution in [1.29, 1.82) is 0 Å². The summed E-state index contributed by atoms with van der Waals surface area (Å²) in [5.41, 5.74) is 0. The van der Waals surface area contributed by atoms with Gasteiger partial charge < -0.3 is 5.11 Å². The maximum Gasteiger partial charge on any atom is 0.322 e. The molecule has 2 rings (SSSR count). The minimum atomic E-state index is -3.99. The van der Waals surface area contributed by atoms with E-state index in [9.17, 15) is 26.7 Å². The summed E-state index contributed by atoms with van der Waals surface area (Å²) in [7, 11) is -6.39. The number of nitrogens with zero attached hydrogens (tertiary/aromatic N) is 1. The van der Waals surface area contributed by atoms with Crippen LogP contribution in [0.5, 0.6) is 0 Å². The monoisotopic (exact) mass is 362 g/mol. The molecule has 1 saturated heterocycles. The number of nitrogens with one attached hydrogen (secondary N) is 1. The fourth-order valence-corrected chi connectivity index (χ4v) is 4.86. The van der Waals surface area contributed by atoms with Crippen LogP contribution in [0, 0.1) is 0 Å². The minimum Gasteiger partial charge on any atom is -0.480 e. The summed E-state index contributed by atoms with van der Waals surface area (Å²) in [6, 6.07) is 3.62. The highest BCUT2D eigenvalue weighted by atomic mass is 32.2. The van der Waals surface area contributed by atoms with Gasteiger partial charge in [-0.25, -0.2) is 21.6 Å². The zero-order valence-corrected chi connectivity index (χ0v) is 14.1. The predicted molar refractivity (Wildman–Crippen MR) is 81.9 cm³/mol. The first-order valence-electron chi connectivity index (χ1n) is 6.98. The molecule has 1 atom stereocenters. The molecule has 0 saturated carbocycles. The van der Waals surface area contributed by atoms with Gasteiger partial charge in [0.1, 0.15) is 6.04 Å². The second kappa shape index (κ2) is 6.56. The van der Waals surface area contributed by atoms with E-state index >= 15 is 0 Å². The number of hydrogen-bond acceptors (Lipinski definition) is 5. The zero-order chi connectivity index (χ0) is 17.3. The van der Waals surface area contributed by atoms with Crippen LogP contribution in [0.1, 0.15) is 19.3 Å². The molecule has 0 bridgehead atoms. The highest BCUT2D eigenvalue weighted by Crippen LogP contribution is 2.26. The second-order valence-electron chi connectivity index (χ2n) is 5.14. The molecule has 10 heteroatoms. The highest BCUT2D eigenvalue weighted by Gasteiger charge is 2.37. The van der Waals surface area contributed by atoms with Crippen molar-refractivity contribution in [3.63, 3.8) is 0 Å². The summed E-state index contributed by atoms with van der Waals surface area (Å²) < 4.78 is 51.7. The number of benzene rings is 1. The first-order valence-corrected chi connectivity index (χ1v) is 9.91. The third-order valence-corrected chi connectivity index (χ3v) is 7.10. The van der Waals surface area contributed by atoms with Crippen molar-refractivity contribution in [3.8, 4) is 0 Å². The Morgan fingerprint density at radius 1 is 1.13 bits per heavy atom. The fraction of sp³-hybridized carbons (Fsp3) is 0.462. The van der Waals surface area contributed by atoms with Crippen LogP contribution >= 0.6 is 0 Å². The normalized spacial score (nSPS) is 20.3. The Morgan fingerprint density at radius 3 is 2.22 bits per heavy atom. The fourth-order valence-electron chi connectivity index (χ4n) is 2.48. The van der Waals surface area contributed by atoms with Crippen molar-refractivity contribution >= 4 is 26.0 Å². The van der Waals surface area contributed by atoms with Gasteiger partial charge in [-0.2, -0.15) is 4.31 Å². The van der Waals surface area contributed by atoms with Crippen molar-refractivity contribution < 1.29 is 26.7 Å². The van der Waals surface area contributed by atoms with E-state index in [1.165, 1.54) is 31.3 Å². The van der Waals surface area contributed by atoms with Gasteiger partial charge in [0.2, 0.25) is 20.0 Å². The summed E-state index contributed by atoms with van der Waals surface area (Å²) >= 11 is 0. The Labute approximate surface area is 135 Å². The molecular weight excluding hydrogens is 344 g/mol. The number of carboxylic acid groups (broad SMARTS) is 1. The number of sulfonamides is 2. The Kier molecular flexibility index (Phi) is 5.09. The Hall–Kier alpha value is -1.49. The molecule has 0 spiro atoms. The van der Waals surface area contributed by atoms with E-state index in [2.05, 4.69) is 4.72 Å². The van der Waals surface area contributed by atoms with Crippen molar-refractivity contribution in [2.75, 3.05) is 13.6 Å². The lowest BCUT2D eigenvalue weighted by molar-refractivity contribution is -0.142. The van der Waals surface area contributed by atoms with Gasteiger partial charge in [0, 0.05) is 6.54 Å². The topological polar surface area (TPSA) is 121 Å². The average molecular weight is 362 g/mol. The molecule has 8 nitrogen and oxygen atoms in total. The van der Waals surface area contributed by atoms with E-state index in [0.29, 0.717) is 12.8 Å². The Balaban J connectivity index is 2.37. The van der Waals surface area contributed by atoms with E-state index < -0.39 is 32.1 Å². The molecule has 1 aromatic rings. The maximum absolute atomic E-state index is 12.6. The summed E-state index contributed by atoms with van der Waals surface area (Å²) in [6.07, 6.45) is 1.51. The van der Waals surface area contributed by atoms with Gasteiger partial charge in [-0.15, -0.1) is 0 Å². The summed E-state index contributed by atoms with van der Waals surface area (Å²) in [6.45, 7) is 0.135. The second-order valence-corrected chi connectivity index (χ2v) is 8.92. The van der Waals surface area contributed by atoms with E-state index in [4.69, 9.17) is 0 Å². The van der Waals surface area contributed by atoms with Crippen molar-refractivity contribution in [2.45, 2.75) is 35.1 Å². The standard InChI is InChI=1S/C13H18N2O6S2/c1-14-22(18,19)10-5-7-11(8-6-10)23(20,21)15-9-3-2-4-12(15)13(16)17/h5-8,12,14H,2-4,9H2,1H3,(H,16,17). The molecule has 1 aromatic carbocycles. The van der Waals surface area contributed by atoms with E-state index in [-0.39, 0.29) is 22.8 Å². The first-order chi connectivity index (χ1) is 10.7. The Bertz CT molecular complexity index is 786. The average Bonchev–Trinajstić information content (AvgIpc) is 2.55. The van der Waals surface area contributed by atoms with Gasteiger partial charge >= 0.3 is 5.97 Å². The molecule has 0 aliphatic carbocycles. The van der Waals surface area contributed by atoms with Crippen LogP contribution in [0.15, 0.2) is 34.1 Å². The van der Waals surface area contributed by atoms with Crippen LogP contribution in [0.25, 0.3) is 0 Å². The van der Waals surface area contributed by atoms with Crippen molar-refractivity contribution in [1.82, 2.24) is 9.03 Å². The lowest BCUT2D eigenvalue weighted by atomic mass is 10.1. The highest BCUT2D eigenvalue weighted by molar-refractivity contribution is 7.89. The van der Waals surface area contributed by atoms with Crippen LogP contribution in [-0.2, 0) is 24.8 Å². The number of carboxylic acids is 1. The third kappa shape index (κ3) is 3.55. The number of piperidine rings is 1. The number of rotatable bonds is 5. The molecule has 1 unspecified atom stereocenters. The number of carbonyl (C=O) groups is 1. The molecule has 0 amide bonds. The van der Waals surface area contributed by atoms with Crippen LogP contribution < -0.4 is 4.72 Å². The molecule has 1 heterocycles. The number of aliphatic carboxylic acids is 1. The largest absolute Gasteiger partial charge is 0.480 e. The molecule has 1 fully saturated rings. The lowest BCUT2D eigenvalue weighted by Gasteiger charge is -2.31. The van der Waals surface area contributed by atoms with E-state index in [0.717, 1.165) is 4.31 Å². The van der Waals surface area contributed by atoms with Crippen molar-refractivity contribution in [2.24, 2.45) is 0 Å². The van der Waals surface area contributed by atoms with Crippen LogP contribution in [0.2, 0.25) is 0 Å². The summed E-state index contributed by atoms with van der Waals surface area (Å²) in [4.78, 5) is 11.1. The predicted octanol–water partition coefficient (Wildman–Crippen LogP) is 0.223. The quantitative estimate of drug-likeness (QED) is 0.773. The van der Waals surface area contributed by atoms with E-state index in [1.807, 2.05) is 0 Å². The summed E-state index contributed by atoms with van der Waals surface area (Å²) in [5, 5.41) is 9.21. The van der Waals surface area contributed by atoms with Gasteiger partial charge in [0.05, 0.1) is 9.79 Å². The molecule has 23 heavy (non-hydrogen) atoms. The van der Waals surface area contributed by atoms with E-state index in [1.54, 1.807) is 0 Å². The molecule has 1 aliphatic heterocycles. The summed E-state index contributed by atoms with van der Waals surface area (Å²) in [5.74, 6) is -1.18. The van der Waals surface area contributed by atoms with Crippen molar-refractivity contribution in [3.05, 3.63) is 24.3 Å². The molecule has 128 valence electrons. The van der Waals surface area contributed by atoms with Gasteiger partial charge in [0.25, 0.3) is 0 Å². The minimum absolute atomic E-state index is 0.0626. The molecule has 0 radical (unpaired) electrons. The van der Waals surface area contributed by atoms with Gasteiger partial charge in [-0.3, -0.25) is 4.79 Å². The maximum atomic E-state index is 12.6. The first kappa shape index (κ1) is 17.9. The smallest absolute Gasteiger partial charge is 0.322 e. The molecule has 1 aliphatic rings. The zero-order valence-electron chi connectivity index (χ0n) is 12.5. The molecule has 0 aromatic heterocycles. The third-order valence-electron chi connectivity index (χ3n) is 3.75. The molecular formula is C13H18N2O6S2. The SMILES string of the molecule is CNS(=O)(=O)c1ccc(S(=O)(=O)N2CCCCC2C(=O)O)cc1. The van der Waals surface area contributed by atoms with Gasteiger partial charge in [-0.1, -0.05) is 0 Å². The lowest BCUT2D eigenvalue weighted by Crippen LogP contribution is -2.47. The van der Waals surface area contributed by atoms with Gasteiger partial charge in [0.15, 0.2) is 0 Å². The van der Waals surface area contributed by atoms with Gasteiger partial charge in [-0.05, 0) is 50.6 Å². The van der Waals surface area contributed by atoms with Crippen LogP contribution in [0.4, 0.5) is 0 Å². The van der Waals surface area contributed by atoms with Crippen LogP contribution in [0.3, 0.4) is 0 Å². The Morgan fingerprint density at radius 2 is 1.70 bits per heavy atom. The molecule has 2 N–H and O–H groups in total. The number of hydrogen-bond donors (Lipinski definition) is 2. The van der Waals surface area contributed by atoms with Crippen LogP contribution in [-0.4, -0.2) is 51.9 Å².